The molecule has 4 nitrogen and oxygen atoms in total. The van der Waals surface area contributed by atoms with Gasteiger partial charge in [0.15, 0.2) is 5.82 Å². The van der Waals surface area contributed by atoms with Crippen molar-refractivity contribution in [3.05, 3.63) is 53.7 Å². The zero-order valence-electron chi connectivity index (χ0n) is 9.64. The van der Waals surface area contributed by atoms with Crippen LogP contribution in [0.25, 0.3) is 11.0 Å². The lowest BCUT2D eigenvalue weighted by Gasteiger charge is -2.08. The molecule has 0 radical (unpaired) electrons. The minimum atomic E-state index is -0.460. The summed E-state index contributed by atoms with van der Waals surface area (Å²) in [6.45, 7) is 0. The maximum atomic E-state index is 13.1. The van der Waals surface area contributed by atoms with Gasteiger partial charge in [0.25, 0.3) is 0 Å². The van der Waals surface area contributed by atoms with E-state index in [2.05, 4.69) is 20.3 Å². The van der Waals surface area contributed by atoms with Gasteiger partial charge in [-0.25, -0.2) is 14.4 Å². The Kier molecular flexibility index (Phi) is 2.97. The Morgan fingerprint density at radius 2 is 1.84 bits per heavy atom. The molecule has 1 N–H and O–H groups in total. The number of rotatable bonds is 2. The second-order valence-electron chi connectivity index (χ2n) is 3.84. The topological polar surface area (TPSA) is 50.7 Å². The molecule has 0 bridgehead atoms. The molecule has 0 unspecified atom stereocenters. The summed E-state index contributed by atoms with van der Waals surface area (Å²) in [5.41, 5.74) is 2.01. The molecule has 19 heavy (non-hydrogen) atoms. The number of aromatic nitrogens is 3. The molecule has 0 aliphatic rings. The summed E-state index contributed by atoms with van der Waals surface area (Å²) in [6.07, 6.45) is 4.83. The number of pyridine rings is 1. The van der Waals surface area contributed by atoms with Crippen molar-refractivity contribution < 1.29 is 4.39 Å². The fourth-order valence-electron chi connectivity index (χ4n) is 1.70. The Hall–Kier alpha value is -2.27. The van der Waals surface area contributed by atoms with Gasteiger partial charge in [0.05, 0.1) is 10.5 Å². The van der Waals surface area contributed by atoms with E-state index >= 15 is 0 Å². The van der Waals surface area contributed by atoms with E-state index in [-0.39, 0.29) is 5.02 Å². The van der Waals surface area contributed by atoms with Crippen LogP contribution in [0.2, 0.25) is 5.02 Å². The molecule has 0 aliphatic carbocycles. The highest BCUT2D eigenvalue weighted by molar-refractivity contribution is 6.31. The average molecular weight is 275 g/mol. The third kappa shape index (κ3) is 2.32. The molecule has 0 amide bonds. The van der Waals surface area contributed by atoms with Crippen LogP contribution in [0.3, 0.4) is 0 Å². The van der Waals surface area contributed by atoms with Crippen molar-refractivity contribution in [1.82, 2.24) is 15.0 Å². The van der Waals surface area contributed by atoms with Gasteiger partial charge in [-0.05, 0) is 24.3 Å². The third-order valence-corrected chi connectivity index (χ3v) is 2.86. The highest BCUT2D eigenvalue weighted by Crippen LogP contribution is 2.24. The summed E-state index contributed by atoms with van der Waals surface area (Å²) < 4.78 is 13.1. The monoisotopic (exact) mass is 274 g/mol. The van der Waals surface area contributed by atoms with Gasteiger partial charge in [-0.2, -0.15) is 0 Å². The van der Waals surface area contributed by atoms with Crippen molar-refractivity contribution in [2.24, 2.45) is 0 Å². The van der Waals surface area contributed by atoms with Crippen molar-refractivity contribution in [2.75, 3.05) is 5.32 Å². The average Bonchev–Trinajstić information content (AvgIpc) is 2.43. The van der Waals surface area contributed by atoms with Gasteiger partial charge in [0, 0.05) is 24.3 Å². The lowest BCUT2D eigenvalue weighted by atomic mass is 10.3. The van der Waals surface area contributed by atoms with Gasteiger partial charge >= 0.3 is 0 Å². The van der Waals surface area contributed by atoms with Crippen molar-refractivity contribution in [3.63, 3.8) is 0 Å². The molecule has 3 rings (SSSR count). The van der Waals surface area contributed by atoms with Gasteiger partial charge in [0.1, 0.15) is 11.3 Å². The Balaban J connectivity index is 2.03. The molecule has 1 aromatic carbocycles. The standard InChI is InChI=1S/C13H8ClFN4/c14-9-7-8(1-2-10(9)15)19-13-12-11(3-4-18-13)16-5-6-17-12/h1-7H,(H,18,19). The number of fused-ring (bicyclic) bond motifs is 1. The Morgan fingerprint density at radius 1 is 1.00 bits per heavy atom. The van der Waals surface area contributed by atoms with Gasteiger partial charge in [-0.15, -0.1) is 0 Å². The summed E-state index contributed by atoms with van der Waals surface area (Å²) in [7, 11) is 0. The van der Waals surface area contributed by atoms with E-state index in [1.807, 2.05) is 0 Å². The van der Waals surface area contributed by atoms with Crippen molar-refractivity contribution in [2.45, 2.75) is 0 Å². The van der Waals surface area contributed by atoms with Crippen LogP contribution in [0, 0.1) is 5.82 Å². The Bertz CT molecular complexity index is 742. The molecule has 0 atom stereocenters. The molecule has 94 valence electrons. The first-order valence-electron chi connectivity index (χ1n) is 5.52. The molecular formula is C13H8ClFN4. The zero-order chi connectivity index (χ0) is 13.2. The predicted octanol–water partition coefficient (Wildman–Crippen LogP) is 3.56. The lowest BCUT2D eigenvalue weighted by Crippen LogP contribution is -1.97. The highest BCUT2D eigenvalue weighted by Gasteiger charge is 2.06. The number of nitrogens with one attached hydrogen (secondary N) is 1. The van der Waals surface area contributed by atoms with Crippen LogP contribution in [-0.4, -0.2) is 15.0 Å². The second kappa shape index (κ2) is 4.78. The van der Waals surface area contributed by atoms with Crippen LogP contribution in [0.4, 0.5) is 15.9 Å². The Labute approximate surface area is 113 Å². The first-order chi connectivity index (χ1) is 9.24. The molecule has 0 spiro atoms. The minimum absolute atomic E-state index is 0.0521. The van der Waals surface area contributed by atoms with Crippen LogP contribution in [-0.2, 0) is 0 Å². The molecule has 2 heterocycles. The highest BCUT2D eigenvalue weighted by atomic mass is 35.5. The summed E-state index contributed by atoms with van der Waals surface area (Å²) >= 11 is 5.73. The number of halogens is 2. The van der Waals surface area contributed by atoms with Crippen molar-refractivity contribution in [1.29, 1.82) is 0 Å². The first kappa shape index (κ1) is 11.8. The van der Waals surface area contributed by atoms with Crippen LogP contribution >= 0.6 is 11.6 Å². The largest absolute Gasteiger partial charge is 0.338 e. The van der Waals surface area contributed by atoms with Crippen LogP contribution < -0.4 is 5.32 Å². The van der Waals surface area contributed by atoms with Gasteiger partial charge in [0.2, 0.25) is 0 Å². The lowest BCUT2D eigenvalue weighted by molar-refractivity contribution is 0.628. The fourth-order valence-corrected chi connectivity index (χ4v) is 1.88. The molecular weight excluding hydrogens is 267 g/mol. The molecule has 3 aromatic rings. The fraction of sp³-hybridized carbons (Fsp3) is 0. The normalized spacial score (nSPS) is 10.6. The van der Waals surface area contributed by atoms with Gasteiger partial charge in [-0.1, -0.05) is 11.6 Å². The quantitative estimate of drug-likeness (QED) is 0.776. The van der Waals surface area contributed by atoms with Gasteiger partial charge in [-0.3, -0.25) is 4.98 Å². The van der Waals surface area contributed by atoms with Crippen LogP contribution in [0.1, 0.15) is 0 Å². The van der Waals surface area contributed by atoms with E-state index in [9.17, 15) is 4.39 Å². The predicted molar refractivity (Wildman–Crippen MR) is 72.0 cm³/mol. The summed E-state index contributed by atoms with van der Waals surface area (Å²) in [4.78, 5) is 12.6. The summed E-state index contributed by atoms with van der Waals surface area (Å²) in [5.74, 6) is 0.0890. The van der Waals surface area contributed by atoms with E-state index in [1.165, 1.54) is 12.1 Å². The number of hydrogen-bond acceptors (Lipinski definition) is 4. The molecule has 0 fully saturated rings. The zero-order valence-corrected chi connectivity index (χ0v) is 10.4. The number of anilines is 2. The first-order valence-corrected chi connectivity index (χ1v) is 5.89. The van der Waals surface area contributed by atoms with E-state index in [1.54, 1.807) is 30.7 Å². The minimum Gasteiger partial charge on any atom is -0.338 e. The van der Waals surface area contributed by atoms with Gasteiger partial charge < -0.3 is 5.32 Å². The van der Waals surface area contributed by atoms with Crippen molar-refractivity contribution >= 4 is 34.1 Å². The van der Waals surface area contributed by atoms with Crippen LogP contribution in [0.15, 0.2) is 42.9 Å². The molecule has 0 saturated heterocycles. The molecule has 6 heteroatoms. The number of benzene rings is 1. The maximum Gasteiger partial charge on any atom is 0.158 e. The number of hydrogen-bond donors (Lipinski definition) is 1. The summed E-state index contributed by atoms with van der Waals surface area (Å²) in [6, 6.07) is 6.14. The SMILES string of the molecule is Fc1ccc(Nc2nccc3nccnc23)cc1Cl. The van der Waals surface area contributed by atoms with E-state index in [0.717, 1.165) is 5.52 Å². The van der Waals surface area contributed by atoms with E-state index < -0.39 is 5.82 Å². The molecule has 0 aliphatic heterocycles. The molecule has 0 saturated carbocycles. The summed E-state index contributed by atoms with van der Waals surface area (Å²) in [5, 5.41) is 3.10. The molecule has 2 aromatic heterocycles. The number of nitrogens with zero attached hydrogens (tertiary/aromatic N) is 3. The van der Waals surface area contributed by atoms with Crippen LogP contribution in [0.5, 0.6) is 0 Å². The third-order valence-electron chi connectivity index (χ3n) is 2.57. The second-order valence-corrected chi connectivity index (χ2v) is 4.24. The Morgan fingerprint density at radius 3 is 2.68 bits per heavy atom. The van der Waals surface area contributed by atoms with E-state index in [0.29, 0.717) is 17.0 Å². The van der Waals surface area contributed by atoms with E-state index in [4.69, 9.17) is 11.6 Å². The maximum absolute atomic E-state index is 13.1. The van der Waals surface area contributed by atoms with Crippen molar-refractivity contribution in [3.8, 4) is 0 Å². The smallest absolute Gasteiger partial charge is 0.158 e.